The SMILES string of the molecule is COc1cc(Oc2ccccc2OC)ccc1O. The highest BCUT2D eigenvalue weighted by molar-refractivity contribution is 5.48. The first-order valence-electron chi connectivity index (χ1n) is 5.42. The molecule has 2 aromatic rings. The highest BCUT2D eigenvalue weighted by Gasteiger charge is 2.07. The molecule has 0 saturated heterocycles. The first-order chi connectivity index (χ1) is 8.74. The molecular weight excluding hydrogens is 232 g/mol. The molecule has 1 N–H and O–H groups in total. The van der Waals surface area contributed by atoms with E-state index in [1.165, 1.54) is 13.2 Å². The third-order valence-corrected chi connectivity index (χ3v) is 2.45. The van der Waals surface area contributed by atoms with Gasteiger partial charge in [-0.1, -0.05) is 12.1 Å². The Kier molecular flexibility index (Phi) is 3.57. The molecule has 0 spiro atoms. The van der Waals surface area contributed by atoms with E-state index in [0.29, 0.717) is 23.0 Å². The summed E-state index contributed by atoms with van der Waals surface area (Å²) in [6.07, 6.45) is 0. The molecule has 94 valence electrons. The minimum Gasteiger partial charge on any atom is -0.504 e. The molecule has 0 bridgehead atoms. The average molecular weight is 246 g/mol. The highest BCUT2D eigenvalue weighted by Crippen LogP contribution is 2.35. The van der Waals surface area contributed by atoms with Crippen LogP contribution in [0.3, 0.4) is 0 Å². The van der Waals surface area contributed by atoms with Crippen molar-refractivity contribution in [2.24, 2.45) is 0 Å². The zero-order valence-corrected chi connectivity index (χ0v) is 10.2. The number of hydrogen-bond donors (Lipinski definition) is 1. The van der Waals surface area contributed by atoms with Gasteiger partial charge in [-0.25, -0.2) is 0 Å². The van der Waals surface area contributed by atoms with Crippen molar-refractivity contribution in [3.8, 4) is 28.7 Å². The van der Waals surface area contributed by atoms with Crippen molar-refractivity contribution in [1.29, 1.82) is 0 Å². The number of rotatable bonds is 4. The smallest absolute Gasteiger partial charge is 0.169 e. The van der Waals surface area contributed by atoms with Gasteiger partial charge in [0.15, 0.2) is 23.0 Å². The molecule has 0 aliphatic heterocycles. The summed E-state index contributed by atoms with van der Waals surface area (Å²) >= 11 is 0. The van der Waals surface area contributed by atoms with E-state index in [4.69, 9.17) is 14.2 Å². The third kappa shape index (κ3) is 2.48. The lowest BCUT2D eigenvalue weighted by atomic mass is 10.3. The number of phenolic OH excluding ortho intramolecular Hbond substituents is 1. The van der Waals surface area contributed by atoms with Crippen molar-refractivity contribution < 1.29 is 19.3 Å². The molecular formula is C14H14O4. The predicted molar refractivity (Wildman–Crippen MR) is 67.7 cm³/mol. The lowest BCUT2D eigenvalue weighted by Crippen LogP contribution is -1.90. The van der Waals surface area contributed by atoms with Gasteiger partial charge in [0.1, 0.15) is 5.75 Å². The van der Waals surface area contributed by atoms with Crippen LogP contribution in [0, 0.1) is 0 Å². The van der Waals surface area contributed by atoms with Crippen LogP contribution in [-0.4, -0.2) is 19.3 Å². The van der Waals surface area contributed by atoms with Crippen molar-refractivity contribution in [2.75, 3.05) is 14.2 Å². The van der Waals surface area contributed by atoms with Crippen LogP contribution < -0.4 is 14.2 Å². The van der Waals surface area contributed by atoms with Crippen LogP contribution >= 0.6 is 0 Å². The zero-order valence-electron chi connectivity index (χ0n) is 10.2. The molecule has 0 radical (unpaired) electrons. The van der Waals surface area contributed by atoms with E-state index < -0.39 is 0 Å². The second kappa shape index (κ2) is 5.31. The fourth-order valence-corrected chi connectivity index (χ4v) is 1.55. The number of benzene rings is 2. The Balaban J connectivity index is 2.28. The molecule has 4 heteroatoms. The van der Waals surface area contributed by atoms with Crippen LogP contribution in [0.1, 0.15) is 0 Å². The van der Waals surface area contributed by atoms with Gasteiger partial charge in [0.25, 0.3) is 0 Å². The van der Waals surface area contributed by atoms with Gasteiger partial charge < -0.3 is 19.3 Å². The summed E-state index contributed by atoms with van der Waals surface area (Å²) in [6.45, 7) is 0. The van der Waals surface area contributed by atoms with Crippen molar-refractivity contribution >= 4 is 0 Å². The van der Waals surface area contributed by atoms with E-state index >= 15 is 0 Å². The van der Waals surface area contributed by atoms with Gasteiger partial charge in [0.2, 0.25) is 0 Å². The minimum atomic E-state index is 0.0740. The van der Waals surface area contributed by atoms with Crippen LogP contribution in [0.5, 0.6) is 28.7 Å². The van der Waals surface area contributed by atoms with Crippen molar-refractivity contribution in [3.63, 3.8) is 0 Å². The minimum absolute atomic E-state index is 0.0740. The van der Waals surface area contributed by atoms with E-state index in [9.17, 15) is 5.11 Å². The van der Waals surface area contributed by atoms with Crippen LogP contribution in [0.2, 0.25) is 0 Å². The molecule has 2 rings (SSSR count). The summed E-state index contributed by atoms with van der Waals surface area (Å²) < 4.78 is 15.9. The number of para-hydroxylation sites is 2. The highest BCUT2D eigenvalue weighted by atomic mass is 16.5. The molecule has 2 aromatic carbocycles. The Labute approximate surface area is 105 Å². The summed E-state index contributed by atoms with van der Waals surface area (Å²) in [4.78, 5) is 0. The number of ether oxygens (including phenoxy) is 3. The van der Waals surface area contributed by atoms with Gasteiger partial charge in [0, 0.05) is 6.07 Å². The van der Waals surface area contributed by atoms with Gasteiger partial charge in [-0.05, 0) is 24.3 Å². The fraction of sp³-hybridized carbons (Fsp3) is 0.143. The molecule has 0 aliphatic rings. The normalized spacial score (nSPS) is 9.89. The van der Waals surface area contributed by atoms with Gasteiger partial charge in [-0.2, -0.15) is 0 Å². The molecule has 0 heterocycles. The lowest BCUT2D eigenvalue weighted by Gasteiger charge is -2.11. The standard InChI is InChI=1S/C14H14O4/c1-16-12-5-3-4-6-13(12)18-10-7-8-11(15)14(9-10)17-2/h3-9,15H,1-2H3. The van der Waals surface area contributed by atoms with Crippen molar-refractivity contribution in [3.05, 3.63) is 42.5 Å². The molecule has 0 unspecified atom stereocenters. The van der Waals surface area contributed by atoms with Crippen LogP contribution in [0.25, 0.3) is 0 Å². The summed E-state index contributed by atoms with van der Waals surface area (Å²) in [5.74, 6) is 2.25. The molecule has 0 aliphatic carbocycles. The van der Waals surface area contributed by atoms with Gasteiger partial charge in [-0.3, -0.25) is 0 Å². The number of phenols is 1. The maximum absolute atomic E-state index is 9.50. The first kappa shape index (κ1) is 12.1. The predicted octanol–water partition coefficient (Wildman–Crippen LogP) is 3.20. The molecule has 0 amide bonds. The molecule has 0 saturated carbocycles. The molecule has 18 heavy (non-hydrogen) atoms. The number of aromatic hydroxyl groups is 1. The molecule has 0 fully saturated rings. The summed E-state index contributed by atoms with van der Waals surface area (Å²) in [5, 5.41) is 9.50. The molecule has 4 nitrogen and oxygen atoms in total. The quantitative estimate of drug-likeness (QED) is 0.899. The van der Waals surface area contributed by atoms with E-state index in [0.717, 1.165) is 0 Å². The fourth-order valence-electron chi connectivity index (χ4n) is 1.55. The Morgan fingerprint density at radius 1 is 0.833 bits per heavy atom. The maximum Gasteiger partial charge on any atom is 0.169 e. The van der Waals surface area contributed by atoms with Crippen molar-refractivity contribution in [2.45, 2.75) is 0 Å². The first-order valence-corrected chi connectivity index (χ1v) is 5.42. The van der Waals surface area contributed by atoms with Gasteiger partial charge in [0.05, 0.1) is 14.2 Å². The maximum atomic E-state index is 9.50. The summed E-state index contributed by atoms with van der Waals surface area (Å²) in [6, 6.07) is 12.1. The average Bonchev–Trinajstić information content (AvgIpc) is 2.41. The Morgan fingerprint density at radius 3 is 2.17 bits per heavy atom. The van der Waals surface area contributed by atoms with E-state index in [1.54, 1.807) is 25.3 Å². The van der Waals surface area contributed by atoms with Crippen molar-refractivity contribution in [1.82, 2.24) is 0 Å². The summed E-state index contributed by atoms with van der Waals surface area (Å²) in [7, 11) is 3.07. The monoisotopic (exact) mass is 246 g/mol. The Bertz CT molecular complexity index is 537. The van der Waals surface area contributed by atoms with E-state index in [2.05, 4.69) is 0 Å². The largest absolute Gasteiger partial charge is 0.504 e. The lowest BCUT2D eigenvalue weighted by molar-refractivity contribution is 0.363. The summed E-state index contributed by atoms with van der Waals surface area (Å²) in [5.41, 5.74) is 0. The third-order valence-electron chi connectivity index (χ3n) is 2.45. The van der Waals surface area contributed by atoms with Crippen LogP contribution in [-0.2, 0) is 0 Å². The van der Waals surface area contributed by atoms with Crippen LogP contribution in [0.15, 0.2) is 42.5 Å². The second-order valence-electron chi connectivity index (χ2n) is 3.59. The van der Waals surface area contributed by atoms with E-state index in [1.807, 2.05) is 18.2 Å². The van der Waals surface area contributed by atoms with Gasteiger partial charge in [-0.15, -0.1) is 0 Å². The van der Waals surface area contributed by atoms with Gasteiger partial charge >= 0.3 is 0 Å². The molecule has 0 atom stereocenters. The van der Waals surface area contributed by atoms with Crippen LogP contribution in [0.4, 0.5) is 0 Å². The number of hydrogen-bond acceptors (Lipinski definition) is 4. The Morgan fingerprint density at radius 2 is 1.50 bits per heavy atom. The topological polar surface area (TPSA) is 47.9 Å². The molecule has 0 aromatic heterocycles. The number of methoxy groups -OCH3 is 2. The Hall–Kier alpha value is -2.36. The zero-order chi connectivity index (χ0) is 13.0. The second-order valence-corrected chi connectivity index (χ2v) is 3.59. The van der Waals surface area contributed by atoms with E-state index in [-0.39, 0.29) is 5.75 Å².